The fourth-order valence-corrected chi connectivity index (χ4v) is 2.28. The topological polar surface area (TPSA) is 34.1 Å². The molecule has 0 amide bonds. The van der Waals surface area contributed by atoms with Crippen molar-refractivity contribution in [2.75, 3.05) is 0 Å². The molecule has 1 atom stereocenters. The molecule has 0 saturated heterocycles. The van der Waals surface area contributed by atoms with Crippen LogP contribution in [0.4, 0.5) is 0 Å². The van der Waals surface area contributed by atoms with Gasteiger partial charge in [-0.1, -0.05) is 23.8 Å². The Balaban J connectivity index is 2.15. The van der Waals surface area contributed by atoms with Crippen molar-refractivity contribution in [1.82, 2.24) is 0 Å². The second-order valence-corrected chi connectivity index (χ2v) is 4.57. The summed E-state index contributed by atoms with van der Waals surface area (Å²) in [7, 11) is 0. The van der Waals surface area contributed by atoms with Crippen LogP contribution in [0.25, 0.3) is 0 Å². The zero-order valence-corrected chi connectivity index (χ0v) is 9.53. The predicted octanol–water partition coefficient (Wildman–Crippen LogP) is 2.94. The summed E-state index contributed by atoms with van der Waals surface area (Å²) in [6.45, 7) is 1.98. The maximum absolute atomic E-state index is 12.1. The second-order valence-electron chi connectivity index (χ2n) is 4.57. The van der Waals surface area contributed by atoms with Gasteiger partial charge < -0.3 is 0 Å². The summed E-state index contributed by atoms with van der Waals surface area (Å²) in [5, 5.41) is 0. The SMILES string of the molecule is Cc1cccc(C(=O)C2CCCC(=O)C2)c1. The molecular weight excluding hydrogens is 200 g/mol. The molecule has 1 aliphatic rings. The van der Waals surface area contributed by atoms with E-state index in [0.29, 0.717) is 12.8 Å². The number of ketones is 2. The van der Waals surface area contributed by atoms with E-state index < -0.39 is 0 Å². The van der Waals surface area contributed by atoms with Crippen LogP contribution >= 0.6 is 0 Å². The van der Waals surface area contributed by atoms with Crippen LogP contribution in [-0.4, -0.2) is 11.6 Å². The van der Waals surface area contributed by atoms with Crippen molar-refractivity contribution in [3.05, 3.63) is 35.4 Å². The maximum Gasteiger partial charge on any atom is 0.166 e. The third kappa shape index (κ3) is 2.38. The Labute approximate surface area is 95.7 Å². The zero-order chi connectivity index (χ0) is 11.5. The van der Waals surface area contributed by atoms with E-state index in [0.717, 1.165) is 24.0 Å². The molecule has 16 heavy (non-hydrogen) atoms. The quantitative estimate of drug-likeness (QED) is 0.712. The fraction of sp³-hybridized carbons (Fsp3) is 0.429. The number of benzene rings is 1. The number of rotatable bonds is 2. The highest BCUT2D eigenvalue weighted by Crippen LogP contribution is 2.25. The molecule has 1 saturated carbocycles. The third-order valence-electron chi connectivity index (χ3n) is 3.16. The summed E-state index contributed by atoms with van der Waals surface area (Å²) in [4.78, 5) is 23.5. The van der Waals surface area contributed by atoms with Crippen molar-refractivity contribution in [2.45, 2.75) is 32.6 Å². The van der Waals surface area contributed by atoms with Crippen LogP contribution in [-0.2, 0) is 4.79 Å². The van der Waals surface area contributed by atoms with Crippen LogP contribution in [0.3, 0.4) is 0 Å². The number of Topliss-reactive ketones (excluding diaryl/α,β-unsaturated/α-hetero) is 2. The average Bonchev–Trinajstić information content (AvgIpc) is 2.28. The van der Waals surface area contributed by atoms with Gasteiger partial charge in [0.05, 0.1) is 0 Å². The molecule has 2 nitrogen and oxygen atoms in total. The van der Waals surface area contributed by atoms with Gasteiger partial charge in [-0.2, -0.15) is 0 Å². The Morgan fingerprint density at radius 1 is 1.38 bits per heavy atom. The molecule has 0 N–H and O–H groups in total. The summed E-state index contributed by atoms with van der Waals surface area (Å²) < 4.78 is 0. The monoisotopic (exact) mass is 216 g/mol. The number of carbonyl (C=O) groups is 2. The lowest BCUT2D eigenvalue weighted by molar-refractivity contribution is -0.121. The fourth-order valence-electron chi connectivity index (χ4n) is 2.28. The Hall–Kier alpha value is -1.44. The highest BCUT2D eigenvalue weighted by molar-refractivity contribution is 6.00. The number of carbonyl (C=O) groups excluding carboxylic acids is 2. The van der Waals surface area contributed by atoms with Gasteiger partial charge in [-0.15, -0.1) is 0 Å². The maximum atomic E-state index is 12.1. The molecular formula is C14H16O2. The highest BCUT2D eigenvalue weighted by atomic mass is 16.1. The van der Waals surface area contributed by atoms with E-state index in [1.54, 1.807) is 0 Å². The first-order valence-electron chi connectivity index (χ1n) is 5.79. The van der Waals surface area contributed by atoms with Gasteiger partial charge >= 0.3 is 0 Å². The van der Waals surface area contributed by atoms with Gasteiger partial charge in [0.1, 0.15) is 5.78 Å². The van der Waals surface area contributed by atoms with Crippen LogP contribution in [0, 0.1) is 12.8 Å². The Morgan fingerprint density at radius 2 is 2.19 bits per heavy atom. The lowest BCUT2D eigenvalue weighted by atomic mass is 9.83. The summed E-state index contributed by atoms with van der Waals surface area (Å²) in [6.07, 6.45) is 2.81. The lowest BCUT2D eigenvalue weighted by Gasteiger charge is -2.19. The van der Waals surface area contributed by atoms with Crippen molar-refractivity contribution >= 4 is 11.6 Å². The van der Waals surface area contributed by atoms with Crippen molar-refractivity contribution in [1.29, 1.82) is 0 Å². The van der Waals surface area contributed by atoms with Gasteiger partial charge in [0.15, 0.2) is 5.78 Å². The summed E-state index contributed by atoms with van der Waals surface area (Å²) >= 11 is 0. The minimum absolute atomic E-state index is 0.0805. The summed E-state index contributed by atoms with van der Waals surface area (Å²) in [5.41, 5.74) is 1.84. The Morgan fingerprint density at radius 3 is 2.88 bits per heavy atom. The van der Waals surface area contributed by atoms with Crippen LogP contribution in [0.15, 0.2) is 24.3 Å². The van der Waals surface area contributed by atoms with Crippen molar-refractivity contribution in [3.8, 4) is 0 Å². The molecule has 0 aromatic heterocycles. The molecule has 0 heterocycles. The first kappa shape index (κ1) is 11.1. The first-order chi connectivity index (χ1) is 7.66. The highest BCUT2D eigenvalue weighted by Gasteiger charge is 2.26. The van der Waals surface area contributed by atoms with Gasteiger partial charge in [0.25, 0.3) is 0 Å². The van der Waals surface area contributed by atoms with E-state index >= 15 is 0 Å². The molecule has 1 fully saturated rings. The molecule has 0 spiro atoms. The van der Waals surface area contributed by atoms with E-state index in [9.17, 15) is 9.59 Å². The molecule has 0 radical (unpaired) electrons. The van der Waals surface area contributed by atoms with Gasteiger partial charge in [-0.25, -0.2) is 0 Å². The summed E-state index contributed by atoms with van der Waals surface area (Å²) in [6, 6.07) is 7.62. The van der Waals surface area contributed by atoms with Gasteiger partial charge in [0, 0.05) is 24.3 Å². The first-order valence-corrected chi connectivity index (χ1v) is 5.79. The van der Waals surface area contributed by atoms with Crippen molar-refractivity contribution in [2.24, 2.45) is 5.92 Å². The number of aryl methyl sites for hydroxylation is 1. The van der Waals surface area contributed by atoms with Crippen LogP contribution in [0.5, 0.6) is 0 Å². The van der Waals surface area contributed by atoms with Crippen molar-refractivity contribution < 1.29 is 9.59 Å². The van der Waals surface area contributed by atoms with E-state index in [2.05, 4.69) is 0 Å². The van der Waals surface area contributed by atoms with Gasteiger partial charge in [-0.3, -0.25) is 9.59 Å². The standard InChI is InChI=1S/C14H16O2/c1-10-4-2-5-11(8-10)14(16)12-6-3-7-13(15)9-12/h2,4-5,8,12H,3,6-7,9H2,1H3. The average molecular weight is 216 g/mol. The smallest absolute Gasteiger partial charge is 0.166 e. The lowest BCUT2D eigenvalue weighted by Crippen LogP contribution is -2.22. The molecule has 0 bridgehead atoms. The zero-order valence-electron chi connectivity index (χ0n) is 9.53. The second kappa shape index (κ2) is 4.60. The minimum atomic E-state index is -0.0805. The predicted molar refractivity (Wildman–Crippen MR) is 62.5 cm³/mol. The Kier molecular flexibility index (Phi) is 3.18. The van der Waals surface area contributed by atoms with Crippen molar-refractivity contribution in [3.63, 3.8) is 0 Å². The molecule has 0 aliphatic heterocycles. The number of hydrogen-bond donors (Lipinski definition) is 0. The normalized spacial score (nSPS) is 20.8. The van der Waals surface area contributed by atoms with Crippen LogP contribution < -0.4 is 0 Å². The molecule has 1 aliphatic carbocycles. The molecule has 2 rings (SSSR count). The molecule has 2 heteroatoms. The van der Waals surface area contributed by atoms with Crippen LogP contribution in [0.2, 0.25) is 0 Å². The number of hydrogen-bond acceptors (Lipinski definition) is 2. The van der Waals surface area contributed by atoms with E-state index in [-0.39, 0.29) is 17.5 Å². The minimum Gasteiger partial charge on any atom is -0.300 e. The van der Waals surface area contributed by atoms with E-state index in [1.165, 1.54) is 0 Å². The largest absolute Gasteiger partial charge is 0.300 e. The molecule has 1 aromatic rings. The molecule has 84 valence electrons. The molecule has 1 aromatic carbocycles. The van der Waals surface area contributed by atoms with Gasteiger partial charge in [-0.05, 0) is 25.8 Å². The van der Waals surface area contributed by atoms with E-state index in [4.69, 9.17) is 0 Å². The van der Waals surface area contributed by atoms with E-state index in [1.807, 2.05) is 31.2 Å². The van der Waals surface area contributed by atoms with Crippen LogP contribution in [0.1, 0.15) is 41.6 Å². The summed E-state index contributed by atoms with van der Waals surface area (Å²) in [5.74, 6) is 0.289. The molecule has 1 unspecified atom stereocenters. The van der Waals surface area contributed by atoms with Gasteiger partial charge in [0.2, 0.25) is 0 Å². The Bertz CT molecular complexity index is 420. The third-order valence-corrected chi connectivity index (χ3v) is 3.16.